The van der Waals surface area contributed by atoms with Crippen molar-refractivity contribution in [3.05, 3.63) is 20.8 Å². The van der Waals surface area contributed by atoms with Crippen LogP contribution in [0.2, 0.25) is 0 Å². The van der Waals surface area contributed by atoms with Crippen LogP contribution in [-0.2, 0) is 4.79 Å². The first-order valence-corrected chi connectivity index (χ1v) is 7.39. The van der Waals surface area contributed by atoms with E-state index in [2.05, 4.69) is 15.9 Å². The summed E-state index contributed by atoms with van der Waals surface area (Å²) in [5.41, 5.74) is 0. The van der Waals surface area contributed by atoms with Crippen molar-refractivity contribution in [1.82, 2.24) is 4.90 Å². The van der Waals surface area contributed by atoms with Crippen LogP contribution in [0.4, 0.5) is 0 Å². The highest BCUT2D eigenvalue weighted by atomic mass is 79.9. The number of hydrogen-bond donors (Lipinski definition) is 1. The number of nitrogens with zero attached hydrogens (tertiary/aromatic N) is 1. The quantitative estimate of drug-likeness (QED) is 0.906. The minimum Gasteiger partial charge on any atom is -0.481 e. The topological polar surface area (TPSA) is 57.6 Å². The fraction of sp³-hybridized carbons (Fsp3) is 0.500. The van der Waals surface area contributed by atoms with Gasteiger partial charge in [-0.3, -0.25) is 9.59 Å². The Kier molecular flexibility index (Phi) is 4.07. The summed E-state index contributed by atoms with van der Waals surface area (Å²) in [6.07, 6.45) is 1.07. The van der Waals surface area contributed by atoms with Crippen LogP contribution >= 0.6 is 27.3 Å². The summed E-state index contributed by atoms with van der Waals surface area (Å²) >= 11 is 4.75. The second kappa shape index (κ2) is 5.40. The molecule has 1 saturated heterocycles. The molecule has 1 N–H and O–H groups in total. The van der Waals surface area contributed by atoms with Crippen molar-refractivity contribution < 1.29 is 14.7 Å². The summed E-state index contributed by atoms with van der Waals surface area (Å²) in [5.74, 6) is -1.08. The van der Waals surface area contributed by atoms with Gasteiger partial charge in [0.2, 0.25) is 0 Å². The molecule has 1 aliphatic rings. The third-order valence-electron chi connectivity index (χ3n) is 3.27. The van der Waals surface area contributed by atoms with Gasteiger partial charge in [-0.2, -0.15) is 0 Å². The SMILES string of the molecule is CC1CC(C(=O)O)CCN1C(=O)c1ccc(Br)s1. The number of halogens is 1. The molecule has 1 aromatic rings. The number of carboxylic acid groups (broad SMARTS) is 1. The van der Waals surface area contributed by atoms with Gasteiger partial charge in [-0.1, -0.05) is 0 Å². The predicted molar refractivity (Wildman–Crippen MR) is 72.9 cm³/mol. The summed E-state index contributed by atoms with van der Waals surface area (Å²) < 4.78 is 0.930. The zero-order valence-corrected chi connectivity index (χ0v) is 12.3. The smallest absolute Gasteiger partial charge is 0.306 e. The average molecular weight is 332 g/mol. The van der Waals surface area contributed by atoms with E-state index in [1.54, 1.807) is 11.0 Å². The highest BCUT2D eigenvalue weighted by Gasteiger charge is 2.32. The lowest BCUT2D eigenvalue weighted by Crippen LogP contribution is -2.45. The molecule has 4 nitrogen and oxygen atoms in total. The van der Waals surface area contributed by atoms with E-state index in [1.807, 2.05) is 13.0 Å². The summed E-state index contributed by atoms with van der Waals surface area (Å²) in [6, 6.07) is 3.63. The monoisotopic (exact) mass is 331 g/mol. The van der Waals surface area contributed by atoms with E-state index in [1.165, 1.54) is 11.3 Å². The Hall–Kier alpha value is -0.880. The van der Waals surface area contributed by atoms with Crippen LogP contribution in [0.25, 0.3) is 0 Å². The van der Waals surface area contributed by atoms with Crippen molar-refractivity contribution in [2.45, 2.75) is 25.8 Å². The molecule has 0 spiro atoms. The van der Waals surface area contributed by atoms with Crippen LogP contribution in [0.15, 0.2) is 15.9 Å². The molecule has 98 valence electrons. The maximum Gasteiger partial charge on any atom is 0.306 e. The maximum atomic E-state index is 12.3. The van der Waals surface area contributed by atoms with Gasteiger partial charge in [-0.05, 0) is 47.8 Å². The Balaban J connectivity index is 2.07. The number of hydrogen-bond acceptors (Lipinski definition) is 3. The highest BCUT2D eigenvalue weighted by Crippen LogP contribution is 2.28. The van der Waals surface area contributed by atoms with Crippen molar-refractivity contribution in [1.29, 1.82) is 0 Å². The van der Waals surface area contributed by atoms with Crippen LogP contribution in [0.1, 0.15) is 29.4 Å². The van der Waals surface area contributed by atoms with Crippen LogP contribution in [0, 0.1) is 5.92 Å². The van der Waals surface area contributed by atoms with Gasteiger partial charge >= 0.3 is 5.97 Å². The van der Waals surface area contributed by atoms with E-state index in [0.29, 0.717) is 24.3 Å². The summed E-state index contributed by atoms with van der Waals surface area (Å²) in [5, 5.41) is 8.99. The lowest BCUT2D eigenvalue weighted by Gasteiger charge is -2.36. The number of likely N-dealkylation sites (tertiary alicyclic amines) is 1. The standard InChI is InChI=1S/C12H14BrNO3S/c1-7-6-8(12(16)17)4-5-14(7)11(15)9-2-3-10(13)18-9/h2-3,7-8H,4-6H2,1H3,(H,16,17). The van der Waals surface area contributed by atoms with Gasteiger partial charge in [0.25, 0.3) is 5.91 Å². The number of aliphatic carboxylic acids is 1. The van der Waals surface area contributed by atoms with Gasteiger partial charge in [0.1, 0.15) is 0 Å². The van der Waals surface area contributed by atoms with Crippen molar-refractivity contribution in [2.75, 3.05) is 6.54 Å². The first-order valence-electron chi connectivity index (χ1n) is 5.78. The largest absolute Gasteiger partial charge is 0.481 e. The van der Waals surface area contributed by atoms with E-state index in [9.17, 15) is 9.59 Å². The molecule has 1 aromatic heterocycles. The van der Waals surface area contributed by atoms with Crippen LogP contribution < -0.4 is 0 Å². The number of piperidine rings is 1. The molecule has 2 heterocycles. The fourth-order valence-electron chi connectivity index (χ4n) is 2.27. The lowest BCUT2D eigenvalue weighted by molar-refractivity contribution is -0.143. The number of amides is 1. The number of carbonyl (C=O) groups excluding carboxylic acids is 1. The Bertz CT molecular complexity index is 474. The molecule has 6 heteroatoms. The second-order valence-corrected chi connectivity index (χ2v) is 6.97. The molecule has 2 rings (SSSR count). The minimum atomic E-state index is -0.757. The normalized spacial score (nSPS) is 24.0. The van der Waals surface area contributed by atoms with E-state index in [4.69, 9.17) is 5.11 Å². The number of thiophene rings is 1. The minimum absolute atomic E-state index is 0.00189. The lowest BCUT2D eigenvalue weighted by atomic mass is 9.91. The van der Waals surface area contributed by atoms with Crippen molar-refractivity contribution in [2.24, 2.45) is 5.92 Å². The molecule has 1 fully saturated rings. The molecule has 0 saturated carbocycles. The van der Waals surface area contributed by atoms with E-state index in [-0.39, 0.29) is 17.9 Å². The molecule has 2 atom stereocenters. The van der Waals surface area contributed by atoms with Gasteiger partial charge in [0.05, 0.1) is 14.6 Å². The molecule has 18 heavy (non-hydrogen) atoms. The van der Waals surface area contributed by atoms with E-state index >= 15 is 0 Å². The van der Waals surface area contributed by atoms with Crippen molar-refractivity contribution >= 4 is 39.1 Å². The zero-order chi connectivity index (χ0) is 13.3. The second-order valence-electron chi connectivity index (χ2n) is 4.51. The van der Waals surface area contributed by atoms with Gasteiger partial charge in [0.15, 0.2) is 0 Å². The Morgan fingerprint density at radius 3 is 2.72 bits per heavy atom. The molecule has 0 bridgehead atoms. The molecule has 0 radical (unpaired) electrons. The van der Waals surface area contributed by atoms with Gasteiger partial charge in [-0.25, -0.2) is 0 Å². The number of carbonyl (C=O) groups is 2. The predicted octanol–water partition coefficient (Wildman–Crippen LogP) is 2.84. The Morgan fingerprint density at radius 1 is 1.50 bits per heavy atom. The first-order chi connectivity index (χ1) is 8.49. The van der Waals surface area contributed by atoms with Gasteiger partial charge < -0.3 is 10.0 Å². The molecule has 0 aliphatic carbocycles. The first kappa shape index (κ1) is 13.5. The zero-order valence-electron chi connectivity index (χ0n) is 9.93. The summed E-state index contributed by atoms with van der Waals surface area (Å²) in [6.45, 7) is 2.43. The van der Waals surface area contributed by atoms with Crippen molar-refractivity contribution in [3.8, 4) is 0 Å². The van der Waals surface area contributed by atoms with Gasteiger partial charge in [0, 0.05) is 12.6 Å². The van der Waals surface area contributed by atoms with Crippen LogP contribution in [0.3, 0.4) is 0 Å². The van der Waals surface area contributed by atoms with Crippen molar-refractivity contribution in [3.63, 3.8) is 0 Å². The summed E-state index contributed by atoms with van der Waals surface area (Å²) in [7, 11) is 0. The molecule has 0 aromatic carbocycles. The summed E-state index contributed by atoms with van der Waals surface area (Å²) in [4.78, 5) is 25.7. The Labute approximate surface area is 118 Å². The van der Waals surface area contributed by atoms with E-state index in [0.717, 1.165) is 3.79 Å². The highest BCUT2D eigenvalue weighted by molar-refractivity contribution is 9.11. The van der Waals surface area contributed by atoms with Crippen LogP contribution in [0.5, 0.6) is 0 Å². The molecule has 2 unspecified atom stereocenters. The molecule has 1 aliphatic heterocycles. The number of rotatable bonds is 2. The van der Waals surface area contributed by atoms with E-state index < -0.39 is 5.97 Å². The third kappa shape index (κ3) is 2.75. The third-order valence-corrected chi connectivity index (χ3v) is 4.88. The number of carboxylic acids is 1. The molecule has 1 amide bonds. The average Bonchev–Trinajstić information content (AvgIpc) is 2.74. The fourth-order valence-corrected chi connectivity index (χ4v) is 3.61. The maximum absolute atomic E-state index is 12.3. The molecular formula is C12H14BrNO3S. The Morgan fingerprint density at radius 2 is 2.22 bits per heavy atom. The van der Waals surface area contributed by atoms with Crippen LogP contribution in [-0.4, -0.2) is 34.5 Å². The van der Waals surface area contributed by atoms with Gasteiger partial charge in [-0.15, -0.1) is 11.3 Å². The molecular weight excluding hydrogens is 318 g/mol.